The standard InChI is InChI=1S/C15H16N2O3S2/c1-2-7-16-14(19)15(20)17-9-10-5-6-12(22-10)13(18)11-4-3-8-21-11/h2-6,8,13,18H,1,7,9H2,(H,16,19)(H,17,20). The third-order valence-corrected chi connectivity index (χ3v) is 4.86. The minimum Gasteiger partial charge on any atom is -0.382 e. The van der Waals surface area contributed by atoms with E-state index in [9.17, 15) is 14.7 Å². The molecule has 22 heavy (non-hydrogen) atoms. The maximum absolute atomic E-state index is 11.5. The highest BCUT2D eigenvalue weighted by molar-refractivity contribution is 7.12. The van der Waals surface area contributed by atoms with Gasteiger partial charge in [0.1, 0.15) is 6.10 Å². The van der Waals surface area contributed by atoms with Gasteiger partial charge < -0.3 is 15.7 Å². The van der Waals surface area contributed by atoms with Crippen LogP contribution in [0, 0.1) is 0 Å². The van der Waals surface area contributed by atoms with E-state index in [1.54, 1.807) is 0 Å². The zero-order valence-electron chi connectivity index (χ0n) is 11.7. The predicted octanol–water partition coefficient (Wildman–Crippen LogP) is 1.81. The summed E-state index contributed by atoms with van der Waals surface area (Å²) in [5.74, 6) is -1.37. The molecule has 0 saturated carbocycles. The number of rotatable bonds is 6. The Bertz CT molecular complexity index is 650. The average Bonchev–Trinajstić information content (AvgIpc) is 3.20. The molecular formula is C15H16N2O3S2. The van der Waals surface area contributed by atoms with Gasteiger partial charge in [-0.1, -0.05) is 12.1 Å². The Morgan fingerprint density at radius 2 is 2.00 bits per heavy atom. The van der Waals surface area contributed by atoms with Crippen LogP contribution >= 0.6 is 22.7 Å². The smallest absolute Gasteiger partial charge is 0.309 e. The van der Waals surface area contributed by atoms with Crippen molar-refractivity contribution in [1.82, 2.24) is 10.6 Å². The lowest BCUT2D eigenvalue weighted by molar-refractivity contribution is -0.139. The fraction of sp³-hybridized carbons (Fsp3) is 0.200. The fourth-order valence-electron chi connectivity index (χ4n) is 1.72. The van der Waals surface area contributed by atoms with E-state index < -0.39 is 17.9 Å². The van der Waals surface area contributed by atoms with Gasteiger partial charge in [0.15, 0.2) is 0 Å². The topological polar surface area (TPSA) is 78.4 Å². The van der Waals surface area contributed by atoms with Crippen molar-refractivity contribution in [1.29, 1.82) is 0 Å². The minimum absolute atomic E-state index is 0.252. The van der Waals surface area contributed by atoms with E-state index in [2.05, 4.69) is 17.2 Å². The van der Waals surface area contributed by atoms with E-state index in [1.807, 2.05) is 29.6 Å². The van der Waals surface area contributed by atoms with Crippen LogP contribution in [0.1, 0.15) is 20.7 Å². The van der Waals surface area contributed by atoms with Gasteiger partial charge in [-0.3, -0.25) is 9.59 Å². The largest absolute Gasteiger partial charge is 0.382 e. The summed E-state index contributed by atoms with van der Waals surface area (Å²) >= 11 is 2.90. The number of aliphatic hydroxyl groups excluding tert-OH is 1. The molecule has 1 unspecified atom stereocenters. The summed E-state index contributed by atoms with van der Waals surface area (Å²) in [6.45, 7) is 3.96. The summed E-state index contributed by atoms with van der Waals surface area (Å²) in [5, 5.41) is 17.1. The second-order valence-corrected chi connectivity index (χ2v) is 6.58. The van der Waals surface area contributed by atoms with Crippen molar-refractivity contribution in [3.8, 4) is 0 Å². The van der Waals surface area contributed by atoms with Crippen LogP contribution in [0.15, 0.2) is 42.3 Å². The van der Waals surface area contributed by atoms with Crippen molar-refractivity contribution in [2.75, 3.05) is 6.54 Å². The van der Waals surface area contributed by atoms with Gasteiger partial charge in [0.25, 0.3) is 0 Å². The number of thiophene rings is 2. The molecule has 7 heteroatoms. The first kappa shape index (κ1) is 16.4. The molecule has 0 aromatic carbocycles. The number of carbonyl (C=O) groups excluding carboxylic acids is 2. The normalized spacial score (nSPS) is 11.7. The summed E-state index contributed by atoms with van der Waals surface area (Å²) in [6.07, 6.45) is 0.855. The van der Waals surface area contributed by atoms with Gasteiger partial charge in [0, 0.05) is 21.2 Å². The molecule has 1 atom stereocenters. The lowest BCUT2D eigenvalue weighted by Crippen LogP contribution is -2.39. The molecule has 0 aliphatic heterocycles. The highest BCUT2D eigenvalue weighted by Crippen LogP contribution is 2.30. The average molecular weight is 336 g/mol. The quantitative estimate of drug-likeness (QED) is 0.556. The van der Waals surface area contributed by atoms with Crippen LogP contribution in [0.4, 0.5) is 0 Å². The van der Waals surface area contributed by atoms with Gasteiger partial charge in [-0.2, -0.15) is 0 Å². The van der Waals surface area contributed by atoms with Gasteiger partial charge in [-0.05, 0) is 23.6 Å². The molecule has 0 fully saturated rings. The first-order chi connectivity index (χ1) is 10.6. The molecule has 0 aliphatic rings. The Morgan fingerprint density at radius 1 is 1.23 bits per heavy atom. The summed E-state index contributed by atoms with van der Waals surface area (Å²) in [5.41, 5.74) is 0. The zero-order chi connectivity index (χ0) is 15.9. The van der Waals surface area contributed by atoms with Crippen molar-refractivity contribution in [3.63, 3.8) is 0 Å². The number of carbonyl (C=O) groups is 2. The molecule has 116 valence electrons. The van der Waals surface area contributed by atoms with E-state index in [0.29, 0.717) is 0 Å². The summed E-state index contributed by atoms with van der Waals surface area (Å²) in [6, 6.07) is 7.42. The van der Waals surface area contributed by atoms with Gasteiger partial charge in [0.2, 0.25) is 0 Å². The Hall–Kier alpha value is -1.96. The summed E-state index contributed by atoms with van der Waals surface area (Å²) < 4.78 is 0. The van der Waals surface area contributed by atoms with E-state index >= 15 is 0 Å². The highest BCUT2D eigenvalue weighted by Gasteiger charge is 2.15. The van der Waals surface area contributed by atoms with E-state index in [0.717, 1.165) is 14.6 Å². The number of nitrogens with one attached hydrogen (secondary N) is 2. The molecule has 2 heterocycles. The van der Waals surface area contributed by atoms with E-state index in [1.165, 1.54) is 28.7 Å². The van der Waals surface area contributed by atoms with Gasteiger partial charge in [-0.15, -0.1) is 29.3 Å². The maximum Gasteiger partial charge on any atom is 0.309 e. The molecule has 0 aliphatic carbocycles. The third-order valence-electron chi connectivity index (χ3n) is 2.80. The van der Waals surface area contributed by atoms with Crippen LogP contribution in [-0.4, -0.2) is 23.5 Å². The molecule has 2 amide bonds. The Balaban J connectivity index is 1.88. The minimum atomic E-state index is -0.685. The number of aliphatic hydroxyl groups is 1. The zero-order valence-corrected chi connectivity index (χ0v) is 13.4. The molecule has 2 aromatic heterocycles. The first-order valence-corrected chi connectivity index (χ1v) is 8.28. The summed E-state index contributed by atoms with van der Waals surface area (Å²) in [4.78, 5) is 25.5. The van der Waals surface area contributed by atoms with Crippen molar-refractivity contribution < 1.29 is 14.7 Å². The highest BCUT2D eigenvalue weighted by atomic mass is 32.1. The molecule has 0 spiro atoms. The van der Waals surface area contributed by atoms with Crippen molar-refractivity contribution in [2.24, 2.45) is 0 Å². The Kier molecular flexibility index (Phi) is 5.88. The van der Waals surface area contributed by atoms with Crippen molar-refractivity contribution >= 4 is 34.5 Å². The lowest BCUT2D eigenvalue weighted by atomic mass is 10.2. The molecule has 2 rings (SSSR count). The number of amides is 2. The van der Waals surface area contributed by atoms with Crippen LogP contribution in [-0.2, 0) is 16.1 Å². The first-order valence-electron chi connectivity index (χ1n) is 6.59. The lowest BCUT2D eigenvalue weighted by Gasteiger charge is -2.05. The SMILES string of the molecule is C=CCNC(=O)C(=O)NCc1ccc(C(O)c2cccs2)s1. The van der Waals surface area contributed by atoms with Crippen LogP contribution in [0.3, 0.4) is 0 Å². The Morgan fingerprint density at radius 3 is 2.68 bits per heavy atom. The summed E-state index contributed by atoms with van der Waals surface area (Å²) in [7, 11) is 0. The monoisotopic (exact) mass is 336 g/mol. The van der Waals surface area contributed by atoms with Crippen LogP contribution < -0.4 is 10.6 Å². The van der Waals surface area contributed by atoms with Gasteiger partial charge in [-0.25, -0.2) is 0 Å². The second-order valence-electron chi connectivity index (χ2n) is 4.40. The predicted molar refractivity (Wildman–Crippen MR) is 87.8 cm³/mol. The molecule has 0 bridgehead atoms. The van der Waals surface area contributed by atoms with Crippen molar-refractivity contribution in [3.05, 3.63) is 56.9 Å². The molecule has 5 nitrogen and oxygen atoms in total. The van der Waals surface area contributed by atoms with Crippen LogP contribution in [0.5, 0.6) is 0 Å². The molecular weight excluding hydrogens is 320 g/mol. The van der Waals surface area contributed by atoms with Crippen LogP contribution in [0.25, 0.3) is 0 Å². The number of hydrogen-bond donors (Lipinski definition) is 3. The van der Waals surface area contributed by atoms with Crippen LogP contribution in [0.2, 0.25) is 0 Å². The van der Waals surface area contributed by atoms with E-state index in [-0.39, 0.29) is 13.1 Å². The van der Waals surface area contributed by atoms with Crippen molar-refractivity contribution in [2.45, 2.75) is 12.6 Å². The Labute approximate surface area is 136 Å². The fourth-order valence-corrected chi connectivity index (χ4v) is 3.48. The van der Waals surface area contributed by atoms with Gasteiger partial charge in [0.05, 0.1) is 6.54 Å². The second kappa shape index (κ2) is 7.88. The third kappa shape index (κ3) is 4.27. The molecule has 2 aromatic rings. The maximum atomic E-state index is 11.5. The molecule has 3 N–H and O–H groups in total. The number of hydrogen-bond acceptors (Lipinski definition) is 5. The molecule has 0 radical (unpaired) electrons. The molecule has 0 saturated heterocycles. The van der Waals surface area contributed by atoms with Gasteiger partial charge >= 0.3 is 11.8 Å². The van der Waals surface area contributed by atoms with E-state index in [4.69, 9.17) is 0 Å².